The first-order valence-electron chi connectivity index (χ1n) is 6.65. The van der Waals surface area contributed by atoms with Gasteiger partial charge in [0, 0.05) is 12.6 Å². The molecule has 0 unspecified atom stereocenters. The minimum atomic E-state index is -0.874. The van der Waals surface area contributed by atoms with Crippen molar-refractivity contribution in [2.24, 2.45) is 7.05 Å². The first kappa shape index (κ1) is 15.6. The number of nitrogens with zero attached hydrogens (tertiary/aromatic N) is 2. The molecule has 0 saturated carbocycles. The lowest BCUT2D eigenvalue weighted by Crippen LogP contribution is -2.07. The number of benzene rings is 1. The predicted molar refractivity (Wildman–Crippen MR) is 82.4 cm³/mol. The molecule has 1 aromatic heterocycles. The van der Waals surface area contributed by atoms with Crippen molar-refractivity contribution in [1.82, 2.24) is 9.78 Å². The molecule has 2 rings (SSSR count). The highest BCUT2D eigenvalue weighted by atomic mass is 79.9. The van der Waals surface area contributed by atoms with E-state index in [9.17, 15) is 4.79 Å². The molecular weight excluding hydrogens is 336 g/mol. The average Bonchev–Trinajstić information content (AvgIpc) is 2.72. The van der Waals surface area contributed by atoms with Crippen molar-refractivity contribution < 1.29 is 14.6 Å². The number of hydrogen-bond donors (Lipinski definition) is 1. The van der Waals surface area contributed by atoms with Crippen LogP contribution in [0.1, 0.15) is 23.9 Å². The average molecular weight is 353 g/mol. The summed E-state index contributed by atoms with van der Waals surface area (Å²) in [6.45, 7) is 2.38. The molecule has 0 saturated heterocycles. The number of halogens is 1. The van der Waals surface area contributed by atoms with E-state index in [2.05, 4.69) is 21.0 Å². The maximum absolute atomic E-state index is 10.9. The van der Waals surface area contributed by atoms with E-state index in [-0.39, 0.29) is 6.42 Å². The predicted octanol–water partition coefficient (Wildman–Crippen LogP) is 2.95. The Labute approximate surface area is 131 Å². The Bertz CT molecular complexity index is 652. The van der Waals surface area contributed by atoms with Crippen LogP contribution in [-0.4, -0.2) is 20.9 Å². The Kier molecular flexibility index (Phi) is 5.01. The van der Waals surface area contributed by atoms with Crippen LogP contribution in [0.25, 0.3) is 0 Å². The van der Waals surface area contributed by atoms with Crippen molar-refractivity contribution in [3.8, 4) is 5.75 Å². The molecule has 0 radical (unpaired) electrons. The second-order valence-electron chi connectivity index (χ2n) is 4.65. The van der Waals surface area contributed by atoms with Crippen LogP contribution in [0.15, 0.2) is 28.7 Å². The molecule has 0 amide bonds. The van der Waals surface area contributed by atoms with E-state index >= 15 is 0 Å². The summed E-state index contributed by atoms with van der Waals surface area (Å²) >= 11 is 3.54. The lowest BCUT2D eigenvalue weighted by atomic mass is 10.1. The van der Waals surface area contributed by atoms with Gasteiger partial charge in [0.15, 0.2) is 0 Å². The van der Waals surface area contributed by atoms with Gasteiger partial charge in [-0.3, -0.25) is 9.48 Å². The third kappa shape index (κ3) is 3.64. The summed E-state index contributed by atoms with van der Waals surface area (Å²) in [5, 5.41) is 13.3. The number of rotatable bonds is 6. The number of carboxylic acids is 1. The van der Waals surface area contributed by atoms with E-state index < -0.39 is 5.97 Å². The smallest absolute Gasteiger partial charge is 0.307 e. The molecule has 112 valence electrons. The van der Waals surface area contributed by atoms with Gasteiger partial charge in [-0.25, -0.2) is 0 Å². The molecule has 5 nitrogen and oxygen atoms in total. The van der Waals surface area contributed by atoms with Gasteiger partial charge in [-0.2, -0.15) is 5.10 Å². The molecular formula is C15H17BrN2O3. The highest BCUT2D eigenvalue weighted by molar-refractivity contribution is 9.10. The van der Waals surface area contributed by atoms with Gasteiger partial charge in [0.1, 0.15) is 12.4 Å². The molecule has 0 aliphatic heterocycles. The van der Waals surface area contributed by atoms with E-state index in [1.807, 2.05) is 20.0 Å². The molecule has 1 N–H and O–H groups in total. The summed E-state index contributed by atoms with van der Waals surface area (Å²) in [5.41, 5.74) is 2.57. The highest BCUT2D eigenvalue weighted by Gasteiger charge is 2.14. The quantitative estimate of drug-likeness (QED) is 0.867. The van der Waals surface area contributed by atoms with Crippen molar-refractivity contribution in [3.05, 3.63) is 45.7 Å². The summed E-state index contributed by atoms with van der Waals surface area (Å²) in [6, 6.07) is 7.18. The number of hydrogen-bond acceptors (Lipinski definition) is 3. The van der Waals surface area contributed by atoms with Crippen molar-refractivity contribution in [1.29, 1.82) is 0 Å². The van der Waals surface area contributed by atoms with Crippen LogP contribution >= 0.6 is 15.9 Å². The zero-order valence-electron chi connectivity index (χ0n) is 12.0. The SMILES string of the molecule is CCc1nn(C)c(COc2ccccc2CC(=O)O)c1Br. The van der Waals surface area contributed by atoms with Crippen LogP contribution in [0.2, 0.25) is 0 Å². The van der Waals surface area contributed by atoms with E-state index in [1.54, 1.807) is 22.9 Å². The molecule has 6 heteroatoms. The van der Waals surface area contributed by atoms with E-state index in [4.69, 9.17) is 9.84 Å². The van der Waals surface area contributed by atoms with Crippen molar-refractivity contribution >= 4 is 21.9 Å². The van der Waals surface area contributed by atoms with Gasteiger partial charge >= 0.3 is 5.97 Å². The molecule has 2 aromatic rings. The Morgan fingerprint density at radius 1 is 1.43 bits per heavy atom. The maximum atomic E-state index is 10.9. The zero-order valence-corrected chi connectivity index (χ0v) is 13.6. The Morgan fingerprint density at radius 2 is 2.14 bits per heavy atom. The van der Waals surface area contributed by atoms with Gasteiger partial charge in [0.25, 0.3) is 0 Å². The van der Waals surface area contributed by atoms with Gasteiger partial charge in [-0.15, -0.1) is 0 Å². The Hall–Kier alpha value is -1.82. The number of ether oxygens (including phenoxy) is 1. The molecule has 0 fully saturated rings. The number of para-hydroxylation sites is 1. The van der Waals surface area contributed by atoms with Crippen LogP contribution < -0.4 is 4.74 Å². The van der Waals surface area contributed by atoms with E-state index in [0.717, 1.165) is 22.3 Å². The fourth-order valence-electron chi connectivity index (χ4n) is 2.08. The molecule has 0 aliphatic carbocycles. The van der Waals surface area contributed by atoms with Gasteiger partial charge in [-0.1, -0.05) is 25.1 Å². The van der Waals surface area contributed by atoms with Crippen molar-refractivity contribution in [2.75, 3.05) is 0 Å². The minimum Gasteiger partial charge on any atom is -0.487 e. The standard InChI is InChI=1S/C15H17BrN2O3/c1-3-11-15(16)12(18(2)17-11)9-21-13-7-5-4-6-10(13)8-14(19)20/h4-7H,3,8-9H2,1-2H3,(H,19,20). The fraction of sp³-hybridized carbons (Fsp3) is 0.333. The summed E-state index contributed by atoms with van der Waals surface area (Å²) in [6.07, 6.45) is 0.785. The van der Waals surface area contributed by atoms with Gasteiger partial charge < -0.3 is 9.84 Å². The minimum absolute atomic E-state index is 0.0526. The summed E-state index contributed by atoms with van der Waals surface area (Å²) in [4.78, 5) is 10.9. The van der Waals surface area contributed by atoms with Crippen LogP contribution in [0.5, 0.6) is 5.75 Å². The summed E-state index contributed by atoms with van der Waals surface area (Å²) < 4.78 is 8.52. The van der Waals surface area contributed by atoms with Gasteiger partial charge in [0.2, 0.25) is 0 Å². The number of aliphatic carboxylic acids is 1. The topological polar surface area (TPSA) is 64.4 Å². The molecule has 0 bridgehead atoms. The van der Waals surface area contributed by atoms with Crippen molar-refractivity contribution in [2.45, 2.75) is 26.4 Å². The first-order chi connectivity index (χ1) is 10.0. The summed E-state index contributed by atoms with van der Waals surface area (Å²) in [5.74, 6) is -0.285. The molecule has 0 aliphatic rings. The number of carboxylic acid groups (broad SMARTS) is 1. The normalized spacial score (nSPS) is 10.6. The van der Waals surface area contributed by atoms with Crippen LogP contribution in [0.4, 0.5) is 0 Å². The zero-order chi connectivity index (χ0) is 15.4. The van der Waals surface area contributed by atoms with E-state index in [1.165, 1.54) is 0 Å². The lowest BCUT2D eigenvalue weighted by Gasteiger charge is -2.10. The van der Waals surface area contributed by atoms with Crippen LogP contribution in [0.3, 0.4) is 0 Å². The molecule has 1 aromatic carbocycles. The molecule has 0 atom stereocenters. The van der Waals surface area contributed by atoms with Gasteiger partial charge in [0.05, 0.1) is 22.3 Å². The number of carbonyl (C=O) groups is 1. The third-order valence-electron chi connectivity index (χ3n) is 3.18. The molecule has 21 heavy (non-hydrogen) atoms. The fourth-order valence-corrected chi connectivity index (χ4v) is 2.81. The van der Waals surface area contributed by atoms with E-state index in [0.29, 0.717) is 17.9 Å². The van der Waals surface area contributed by atoms with Crippen LogP contribution in [0, 0.1) is 0 Å². The Balaban J connectivity index is 2.17. The van der Waals surface area contributed by atoms with Gasteiger partial charge in [-0.05, 0) is 28.4 Å². The highest BCUT2D eigenvalue weighted by Crippen LogP contribution is 2.25. The first-order valence-corrected chi connectivity index (χ1v) is 7.45. The molecule has 1 heterocycles. The number of aromatic nitrogens is 2. The second-order valence-corrected chi connectivity index (χ2v) is 5.44. The van der Waals surface area contributed by atoms with Crippen LogP contribution in [-0.2, 0) is 31.3 Å². The monoisotopic (exact) mass is 352 g/mol. The molecule has 0 spiro atoms. The van der Waals surface area contributed by atoms with Crippen molar-refractivity contribution in [3.63, 3.8) is 0 Å². The maximum Gasteiger partial charge on any atom is 0.307 e. The lowest BCUT2D eigenvalue weighted by molar-refractivity contribution is -0.136. The largest absolute Gasteiger partial charge is 0.487 e. The second kappa shape index (κ2) is 6.76. The third-order valence-corrected chi connectivity index (χ3v) is 4.10. The number of aryl methyl sites for hydroxylation is 2. The Morgan fingerprint density at radius 3 is 2.76 bits per heavy atom. The summed E-state index contributed by atoms with van der Waals surface area (Å²) in [7, 11) is 1.87.